The Morgan fingerprint density at radius 2 is 1.83 bits per heavy atom. The molecule has 150 valence electrons. The number of aryl methyl sites for hydroxylation is 1. The van der Waals surface area contributed by atoms with E-state index in [1.54, 1.807) is 12.4 Å². The van der Waals surface area contributed by atoms with Crippen molar-refractivity contribution in [2.75, 3.05) is 11.1 Å². The fourth-order valence-corrected chi connectivity index (χ4v) is 3.58. The summed E-state index contributed by atoms with van der Waals surface area (Å²) in [6, 6.07) is 17.4. The maximum atomic E-state index is 13.0. The van der Waals surface area contributed by atoms with Crippen molar-refractivity contribution in [3.63, 3.8) is 0 Å². The Balaban J connectivity index is 1.58. The number of thioether (sulfide) groups is 1. The lowest BCUT2D eigenvalue weighted by Crippen LogP contribution is -2.14. The van der Waals surface area contributed by atoms with Crippen molar-refractivity contribution < 1.29 is 9.18 Å². The number of aromatic nitrogens is 4. The van der Waals surface area contributed by atoms with Crippen LogP contribution in [0, 0.1) is 12.7 Å². The zero-order valence-corrected chi connectivity index (χ0v) is 16.9. The SMILES string of the molecule is Cc1ccc(-n2c(SCC(=O)Nc3ccc(F)cc3)nnc2-c2cccnc2)cc1. The predicted octanol–water partition coefficient (Wildman–Crippen LogP) is 4.51. The summed E-state index contributed by atoms with van der Waals surface area (Å²) in [4.78, 5) is 16.5. The van der Waals surface area contributed by atoms with Gasteiger partial charge < -0.3 is 5.32 Å². The molecule has 8 heteroatoms. The van der Waals surface area contributed by atoms with Gasteiger partial charge in [-0.1, -0.05) is 29.5 Å². The van der Waals surface area contributed by atoms with Gasteiger partial charge in [-0.2, -0.15) is 0 Å². The normalized spacial score (nSPS) is 10.7. The Bertz CT molecular complexity index is 1140. The third-order valence-corrected chi connectivity index (χ3v) is 5.23. The first-order valence-corrected chi connectivity index (χ1v) is 10.2. The molecule has 0 saturated heterocycles. The number of nitrogens with one attached hydrogen (secondary N) is 1. The average molecular weight is 419 g/mol. The van der Waals surface area contributed by atoms with Crippen LogP contribution in [0.15, 0.2) is 78.2 Å². The second kappa shape index (κ2) is 8.87. The predicted molar refractivity (Wildman–Crippen MR) is 115 cm³/mol. The standard InChI is InChI=1S/C22H18FN5OS/c1-15-4-10-19(11-5-15)28-21(16-3-2-12-24-13-16)26-27-22(28)30-14-20(29)25-18-8-6-17(23)7-9-18/h2-13H,14H2,1H3,(H,25,29). The largest absolute Gasteiger partial charge is 0.325 e. The summed E-state index contributed by atoms with van der Waals surface area (Å²) < 4.78 is 14.9. The molecule has 0 atom stereocenters. The molecule has 1 N–H and O–H groups in total. The zero-order chi connectivity index (χ0) is 20.9. The third kappa shape index (κ3) is 4.55. The Kier molecular flexibility index (Phi) is 5.85. The van der Waals surface area contributed by atoms with Crippen LogP contribution in [0.5, 0.6) is 0 Å². The molecule has 0 unspecified atom stereocenters. The number of anilines is 1. The summed E-state index contributed by atoms with van der Waals surface area (Å²) in [5.74, 6) is 0.215. The number of hydrogen-bond acceptors (Lipinski definition) is 5. The highest BCUT2D eigenvalue weighted by atomic mass is 32.2. The number of benzene rings is 2. The van der Waals surface area contributed by atoms with Crippen LogP contribution in [0.2, 0.25) is 0 Å². The average Bonchev–Trinajstić information content (AvgIpc) is 3.19. The van der Waals surface area contributed by atoms with Crippen LogP contribution >= 0.6 is 11.8 Å². The van der Waals surface area contributed by atoms with Gasteiger partial charge in [-0.05, 0) is 55.5 Å². The van der Waals surface area contributed by atoms with Crippen LogP contribution in [0.3, 0.4) is 0 Å². The van der Waals surface area contributed by atoms with E-state index in [-0.39, 0.29) is 17.5 Å². The van der Waals surface area contributed by atoms with Gasteiger partial charge in [0.1, 0.15) is 5.82 Å². The molecule has 0 fully saturated rings. The van der Waals surface area contributed by atoms with Crippen molar-refractivity contribution in [2.24, 2.45) is 0 Å². The van der Waals surface area contributed by atoms with Crippen molar-refractivity contribution in [3.05, 3.63) is 84.4 Å². The first kappa shape index (κ1) is 19.8. The number of amides is 1. The number of pyridine rings is 1. The van der Waals surface area contributed by atoms with E-state index in [0.29, 0.717) is 16.7 Å². The van der Waals surface area contributed by atoms with E-state index < -0.39 is 0 Å². The molecule has 2 aromatic carbocycles. The maximum Gasteiger partial charge on any atom is 0.234 e. The molecule has 0 spiro atoms. The highest BCUT2D eigenvalue weighted by Gasteiger charge is 2.17. The van der Waals surface area contributed by atoms with E-state index in [2.05, 4.69) is 20.5 Å². The Hall–Kier alpha value is -3.52. The lowest BCUT2D eigenvalue weighted by atomic mass is 10.2. The topological polar surface area (TPSA) is 72.7 Å². The highest BCUT2D eigenvalue weighted by molar-refractivity contribution is 7.99. The molecule has 4 rings (SSSR count). The number of halogens is 1. The maximum absolute atomic E-state index is 13.0. The van der Waals surface area contributed by atoms with Crippen LogP contribution in [0.25, 0.3) is 17.1 Å². The second-order valence-electron chi connectivity index (χ2n) is 6.56. The Morgan fingerprint density at radius 1 is 1.07 bits per heavy atom. The van der Waals surface area contributed by atoms with Gasteiger partial charge in [0.05, 0.1) is 5.75 Å². The van der Waals surface area contributed by atoms with Crippen LogP contribution in [0.4, 0.5) is 10.1 Å². The molecule has 0 aliphatic rings. The lowest BCUT2D eigenvalue weighted by molar-refractivity contribution is -0.113. The van der Waals surface area contributed by atoms with Gasteiger partial charge in [-0.25, -0.2) is 4.39 Å². The van der Waals surface area contributed by atoms with Crippen molar-refractivity contribution in [3.8, 4) is 17.1 Å². The number of rotatable bonds is 6. The van der Waals surface area contributed by atoms with Gasteiger partial charge in [-0.3, -0.25) is 14.3 Å². The molecule has 0 aliphatic heterocycles. The molecule has 2 heterocycles. The Morgan fingerprint density at radius 3 is 2.53 bits per heavy atom. The van der Waals surface area contributed by atoms with E-state index in [4.69, 9.17) is 0 Å². The van der Waals surface area contributed by atoms with Crippen LogP contribution < -0.4 is 5.32 Å². The van der Waals surface area contributed by atoms with Gasteiger partial charge in [0.2, 0.25) is 5.91 Å². The van der Waals surface area contributed by atoms with Crippen LogP contribution in [0.1, 0.15) is 5.56 Å². The lowest BCUT2D eigenvalue weighted by Gasteiger charge is -2.11. The monoisotopic (exact) mass is 419 g/mol. The van der Waals surface area contributed by atoms with E-state index >= 15 is 0 Å². The summed E-state index contributed by atoms with van der Waals surface area (Å²) in [5, 5.41) is 12.0. The van der Waals surface area contributed by atoms with E-state index in [1.165, 1.54) is 36.0 Å². The molecular formula is C22H18FN5OS. The third-order valence-electron chi connectivity index (χ3n) is 4.31. The summed E-state index contributed by atoms with van der Waals surface area (Å²) in [6.45, 7) is 2.02. The number of nitrogens with zero attached hydrogens (tertiary/aromatic N) is 4. The fraction of sp³-hybridized carbons (Fsp3) is 0.0909. The summed E-state index contributed by atoms with van der Waals surface area (Å²) in [5.41, 5.74) is 3.40. The first-order chi connectivity index (χ1) is 14.6. The van der Waals surface area contributed by atoms with Gasteiger partial charge in [0, 0.05) is 29.3 Å². The molecule has 30 heavy (non-hydrogen) atoms. The van der Waals surface area contributed by atoms with Gasteiger partial charge in [0.15, 0.2) is 11.0 Å². The zero-order valence-electron chi connectivity index (χ0n) is 16.1. The smallest absolute Gasteiger partial charge is 0.234 e. The summed E-state index contributed by atoms with van der Waals surface area (Å²) in [7, 11) is 0. The van der Waals surface area contributed by atoms with Gasteiger partial charge in [-0.15, -0.1) is 10.2 Å². The molecule has 6 nitrogen and oxygen atoms in total. The van der Waals surface area contributed by atoms with Crippen molar-refractivity contribution >= 4 is 23.4 Å². The molecule has 0 radical (unpaired) electrons. The minimum atomic E-state index is -0.350. The number of hydrogen-bond donors (Lipinski definition) is 1. The minimum absolute atomic E-state index is 0.133. The molecular weight excluding hydrogens is 401 g/mol. The highest BCUT2D eigenvalue weighted by Crippen LogP contribution is 2.28. The van der Waals surface area contributed by atoms with E-state index in [9.17, 15) is 9.18 Å². The molecule has 4 aromatic rings. The number of carbonyl (C=O) groups excluding carboxylic acids is 1. The van der Waals surface area contributed by atoms with E-state index in [0.717, 1.165) is 16.8 Å². The summed E-state index contributed by atoms with van der Waals surface area (Å²) in [6.07, 6.45) is 3.43. The van der Waals surface area contributed by atoms with Gasteiger partial charge >= 0.3 is 0 Å². The molecule has 2 aromatic heterocycles. The molecule has 0 saturated carbocycles. The molecule has 0 bridgehead atoms. The first-order valence-electron chi connectivity index (χ1n) is 9.21. The van der Waals surface area contributed by atoms with Crippen molar-refractivity contribution in [2.45, 2.75) is 12.1 Å². The Labute approximate surface area is 177 Å². The molecule has 1 amide bonds. The summed E-state index contributed by atoms with van der Waals surface area (Å²) >= 11 is 1.27. The quantitative estimate of drug-likeness (QED) is 0.466. The van der Waals surface area contributed by atoms with Gasteiger partial charge in [0.25, 0.3) is 0 Å². The van der Waals surface area contributed by atoms with Crippen molar-refractivity contribution in [1.29, 1.82) is 0 Å². The van der Waals surface area contributed by atoms with Crippen LogP contribution in [-0.2, 0) is 4.79 Å². The molecule has 0 aliphatic carbocycles. The second-order valence-corrected chi connectivity index (χ2v) is 7.51. The fourth-order valence-electron chi connectivity index (χ4n) is 2.83. The van der Waals surface area contributed by atoms with Crippen molar-refractivity contribution in [1.82, 2.24) is 19.7 Å². The number of carbonyl (C=O) groups is 1. The van der Waals surface area contributed by atoms with Crippen LogP contribution in [-0.4, -0.2) is 31.4 Å². The van der Waals surface area contributed by atoms with E-state index in [1.807, 2.05) is 47.9 Å². The minimum Gasteiger partial charge on any atom is -0.325 e.